The van der Waals surface area contributed by atoms with Crippen LogP contribution in [0.4, 0.5) is 10.5 Å². The number of carbonyl (C=O) groups is 2. The average molecular weight is 444 g/mol. The number of thiophene rings is 1. The van der Waals surface area contributed by atoms with E-state index in [9.17, 15) is 9.59 Å². The predicted octanol–water partition coefficient (Wildman–Crippen LogP) is 5.35. The summed E-state index contributed by atoms with van der Waals surface area (Å²) in [5.41, 5.74) is 2.68. The van der Waals surface area contributed by atoms with Gasteiger partial charge in [-0.1, -0.05) is 0 Å². The molecule has 0 fully saturated rings. The first-order chi connectivity index (χ1) is 14.0. The maximum absolute atomic E-state index is 13.2. The first kappa shape index (κ1) is 20.1. The van der Waals surface area contributed by atoms with Crippen LogP contribution in [0.15, 0.2) is 53.7 Å². The van der Waals surface area contributed by atoms with Crippen LogP contribution in [-0.4, -0.2) is 40.5 Å². The van der Waals surface area contributed by atoms with E-state index in [1.54, 1.807) is 30.3 Å². The zero-order valence-corrected chi connectivity index (χ0v) is 18.6. The summed E-state index contributed by atoms with van der Waals surface area (Å²) >= 11 is 4.79. The molecule has 3 aromatic rings. The normalized spacial score (nSPS) is 13.0. The molecule has 0 saturated heterocycles. The Bertz CT molecular complexity index is 1020. The quantitative estimate of drug-likeness (QED) is 0.552. The van der Waals surface area contributed by atoms with Gasteiger partial charge < -0.3 is 14.8 Å². The van der Waals surface area contributed by atoms with Crippen molar-refractivity contribution in [3.8, 4) is 5.00 Å². The maximum atomic E-state index is 13.2. The van der Waals surface area contributed by atoms with Crippen molar-refractivity contribution < 1.29 is 9.59 Å². The van der Waals surface area contributed by atoms with Crippen LogP contribution >= 0.6 is 34.9 Å². The Labute approximate surface area is 182 Å². The zero-order chi connectivity index (χ0) is 20.4. The second-order valence-electron chi connectivity index (χ2n) is 6.82. The van der Waals surface area contributed by atoms with E-state index in [1.807, 2.05) is 65.1 Å². The summed E-state index contributed by atoms with van der Waals surface area (Å²) in [4.78, 5) is 28.7. The molecule has 1 aliphatic heterocycles. The summed E-state index contributed by atoms with van der Waals surface area (Å²) < 4.78 is 2.02. The van der Waals surface area contributed by atoms with E-state index in [-0.39, 0.29) is 11.1 Å². The van der Waals surface area contributed by atoms with Crippen molar-refractivity contribution in [1.29, 1.82) is 0 Å². The highest BCUT2D eigenvalue weighted by atomic mass is 32.2. The van der Waals surface area contributed by atoms with Crippen LogP contribution in [0.5, 0.6) is 0 Å². The molecule has 0 atom stereocenters. The maximum Gasteiger partial charge on any atom is 0.285 e. The highest BCUT2D eigenvalue weighted by molar-refractivity contribution is 8.13. The number of aromatic nitrogens is 1. The van der Waals surface area contributed by atoms with E-state index >= 15 is 0 Å². The zero-order valence-electron chi connectivity index (χ0n) is 16.2. The Hall–Kier alpha value is -2.16. The topological polar surface area (TPSA) is 54.3 Å². The van der Waals surface area contributed by atoms with Crippen molar-refractivity contribution in [3.05, 3.63) is 64.8 Å². The molecule has 1 N–H and O–H groups in total. The monoisotopic (exact) mass is 443 g/mol. The van der Waals surface area contributed by atoms with Crippen molar-refractivity contribution >= 4 is 51.7 Å². The molecule has 0 saturated carbocycles. The third kappa shape index (κ3) is 4.39. The van der Waals surface area contributed by atoms with Crippen molar-refractivity contribution in [2.24, 2.45) is 0 Å². The average Bonchev–Trinajstić information content (AvgIpc) is 3.36. The molecule has 0 bridgehead atoms. The fourth-order valence-electron chi connectivity index (χ4n) is 3.10. The van der Waals surface area contributed by atoms with Crippen LogP contribution in [0, 0.1) is 0 Å². The van der Waals surface area contributed by atoms with Gasteiger partial charge in [-0.05, 0) is 65.9 Å². The number of fused-ring (bicyclic) bond motifs is 1. The van der Waals surface area contributed by atoms with Gasteiger partial charge in [0.05, 0.1) is 5.56 Å². The molecular formula is C21H21N3O2S3. The van der Waals surface area contributed by atoms with Crippen LogP contribution in [0.3, 0.4) is 0 Å². The molecule has 8 heteroatoms. The fraction of sp³-hybridized carbons (Fsp3) is 0.238. The number of nitrogens with zero attached hydrogens (tertiary/aromatic N) is 2. The minimum absolute atomic E-state index is 0.0269. The van der Waals surface area contributed by atoms with E-state index in [2.05, 4.69) is 5.32 Å². The van der Waals surface area contributed by atoms with Crippen LogP contribution in [0.25, 0.3) is 5.00 Å². The summed E-state index contributed by atoms with van der Waals surface area (Å²) in [5.74, 6) is 1.93. The number of amides is 2. The summed E-state index contributed by atoms with van der Waals surface area (Å²) in [6.45, 7) is 0. The molecule has 2 amide bonds. The van der Waals surface area contributed by atoms with Crippen LogP contribution in [-0.2, 0) is 12.2 Å². The van der Waals surface area contributed by atoms with Gasteiger partial charge in [-0.2, -0.15) is 11.8 Å². The van der Waals surface area contributed by atoms with Gasteiger partial charge in [0.25, 0.3) is 11.1 Å². The van der Waals surface area contributed by atoms with Gasteiger partial charge in [0.1, 0.15) is 5.00 Å². The van der Waals surface area contributed by atoms with E-state index in [0.717, 1.165) is 39.1 Å². The lowest BCUT2D eigenvalue weighted by atomic mass is 10.1. The molecule has 1 aliphatic rings. The highest BCUT2D eigenvalue weighted by Crippen LogP contribution is 2.38. The van der Waals surface area contributed by atoms with Gasteiger partial charge >= 0.3 is 0 Å². The number of benzene rings is 1. The molecule has 0 unspecified atom stereocenters. The van der Waals surface area contributed by atoms with Gasteiger partial charge in [0.15, 0.2) is 0 Å². The number of carbonyl (C=O) groups excluding carboxylic acids is 2. The minimum atomic E-state index is -0.0807. The van der Waals surface area contributed by atoms with E-state index in [1.165, 1.54) is 22.2 Å². The lowest BCUT2D eigenvalue weighted by Gasteiger charge is -2.13. The molecule has 3 heterocycles. The molecule has 1 aromatic carbocycles. The molecule has 0 spiro atoms. The van der Waals surface area contributed by atoms with Gasteiger partial charge in [-0.15, -0.1) is 11.3 Å². The molecule has 29 heavy (non-hydrogen) atoms. The number of nitrogens with one attached hydrogen (secondary N) is 1. The van der Waals surface area contributed by atoms with Crippen molar-refractivity contribution in [2.45, 2.75) is 17.1 Å². The Morgan fingerprint density at radius 3 is 2.55 bits per heavy atom. The summed E-state index contributed by atoms with van der Waals surface area (Å²) in [5, 5.41) is 3.99. The van der Waals surface area contributed by atoms with E-state index in [4.69, 9.17) is 0 Å². The van der Waals surface area contributed by atoms with Crippen molar-refractivity contribution in [2.75, 3.05) is 25.2 Å². The Balaban J connectivity index is 1.57. The third-order valence-electron chi connectivity index (χ3n) is 4.55. The predicted molar refractivity (Wildman–Crippen MR) is 123 cm³/mol. The van der Waals surface area contributed by atoms with Crippen LogP contribution in [0.2, 0.25) is 0 Å². The fourth-order valence-corrected chi connectivity index (χ4v) is 6.20. The SMILES string of the molecule is CN(C)C(=O)Sc1ccc(NC(=O)c2c(-n3cccc3)sc3c2CCSC3)cc1. The molecule has 2 aromatic heterocycles. The molecule has 0 radical (unpaired) electrons. The number of hydrogen-bond donors (Lipinski definition) is 1. The number of rotatable bonds is 4. The first-order valence-electron chi connectivity index (χ1n) is 9.19. The third-order valence-corrected chi connectivity index (χ3v) is 8.01. The second kappa shape index (κ2) is 8.69. The van der Waals surface area contributed by atoms with Gasteiger partial charge in [-0.25, -0.2) is 0 Å². The van der Waals surface area contributed by atoms with Crippen molar-refractivity contribution in [3.63, 3.8) is 0 Å². The van der Waals surface area contributed by atoms with Crippen LogP contribution in [0.1, 0.15) is 20.8 Å². The summed E-state index contributed by atoms with van der Waals surface area (Å²) in [6, 6.07) is 11.3. The van der Waals surface area contributed by atoms with Gasteiger partial charge in [-0.3, -0.25) is 9.59 Å². The standard InChI is InChI=1S/C21H21N3O2S3/c1-23(2)21(26)28-15-7-5-14(6-8-15)22-19(25)18-16-9-12-27-13-17(16)29-20(18)24-10-3-4-11-24/h3-8,10-11H,9,12-13H2,1-2H3,(H,22,25). The van der Waals surface area contributed by atoms with Crippen molar-refractivity contribution in [1.82, 2.24) is 9.47 Å². The lowest BCUT2D eigenvalue weighted by molar-refractivity contribution is 0.102. The van der Waals surface area contributed by atoms with Crippen LogP contribution < -0.4 is 5.32 Å². The molecule has 5 nitrogen and oxygen atoms in total. The summed E-state index contributed by atoms with van der Waals surface area (Å²) in [7, 11) is 3.46. The Morgan fingerprint density at radius 1 is 1.14 bits per heavy atom. The van der Waals surface area contributed by atoms with Gasteiger partial charge in [0.2, 0.25) is 0 Å². The van der Waals surface area contributed by atoms with E-state index in [0.29, 0.717) is 0 Å². The molecule has 0 aliphatic carbocycles. The Morgan fingerprint density at radius 2 is 1.86 bits per heavy atom. The lowest BCUT2D eigenvalue weighted by Crippen LogP contribution is -2.17. The smallest absolute Gasteiger partial charge is 0.285 e. The molecule has 150 valence electrons. The number of thioether (sulfide) groups is 2. The molecular weight excluding hydrogens is 422 g/mol. The molecule has 4 rings (SSSR count). The Kier molecular flexibility index (Phi) is 6.03. The summed E-state index contributed by atoms with van der Waals surface area (Å²) in [6.07, 6.45) is 4.88. The van der Waals surface area contributed by atoms with Gasteiger partial charge in [0, 0.05) is 47.7 Å². The van der Waals surface area contributed by atoms with E-state index < -0.39 is 0 Å². The first-order valence-corrected chi connectivity index (χ1v) is 12.0. The number of hydrogen-bond acceptors (Lipinski definition) is 5. The second-order valence-corrected chi connectivity index (χ2v) is 10.0. The highest BCUT2D eigenvalue weighted by Gasteiger charge is 2.26. The largest absolute Gasteiger partial charge is 0.339 e. The minimum Gasteiger partial charge on any atom is -0.339 e. The number of anilines is 1.